The maximum atomic E-state index is 12.8. The lowest BCUT2D eigenvalue weighted by atomic mass is 10.1. The predicted octanol–water partition coefficient (Wildman–Crippen LogP) is 2.62. The maximum absolute atomic E-state index is 12.8. The molecule has 1 aromatic heterocycles. The second-order valence-corrected chi connectivity index (χ2v) is 6.59. The number of phenolic OH excluding ortho intramolecular Hbond substituents is 1. The Morgan fingerprint density at radius 1 is 1.07 bits per heavy atom. The minimum absolute atomic E-state index is 0.123. The van der Waals surface area contributed by atoms with Gasteiger partial charge in [-0.1, -0.05) is 24.3 Å². The van der Waals surface area contributed by atoms with Crippen LogP contribution < -0.4 is 4.90 Å². The van der Waals surface area contributed by atoms with Gasteiger partial charge < -0.3 is 14.9 Å². The molecule has 2 heterocycles. The van der Waals surface area contributed by atoms with Crippen molar-refractivity contribution < 1.29 is 9.90 Å². The van der Waals surface area contributed by atoms with Gasteiger partial charge in [0.05, 0.1) is 16.9 Å². The van der Waals surface area contributed by atoms with Crippen molar-refractivity contribution in [2.75, 3.05) is 31.1 Å². The summed E-state index contributed by atoms with van der Waals surface area (Å²) in [5.41, 5.74) is 3.05. The van der Waals surface area contributed by atoms with Gasteiger partial charge in [0.15, 0.2) is 0 Å². The second kappa shape index (κ2) is 7.45. The van der Waals surface area contributed by atoms with E-state index in [1.54, 1.807) is 35.2 Å². The Balaban J connectivity index is 1.45. The molecule has 2 aromatic carbocycles. The average molecular weight is 373 g/mol. The van der Waals surface area contributed by atoms with Gasteiger partial charge in [0.1, 0.15) is 17.5 Å². The van der Waals surface area contributed by atoms with Crippen LogP contribution in [0.4, 0.5) is 5.69 Å². The summed E-state index contributed by atoms with van der Waals surface area (Å²) in [5.74, 6) is 0.000149. The number of nitriles is 1. The summed E-state index contributed by atoms with van der Waals surface area (Å²) in [4.78, 5) is 16.7. The molecule has 0 radical (unpaired) electrons. The highest BCUT2D eigenvalue weighted by Crippen LogP contribution is 2.27. The molecule has 0 atom stereocenters. The molecule has 0 bridgehead atoms. The van der Waals surface area contributed by atoms with Gasteiger partial charge in [0.2, 0.25) is 0 Å². The summed E-state index contributed by atoms with van der Waals surface area (Å²) < 4.78 is 0. The number of nitrogens with zero attached hydrogens (tertiary/aromatic N) is 4. The molecule has 0 unspecified atom stereocenters. The van der Waals surface area contributed by atoms with Crippen LogP contribution in [0.2, 0.25) is 0 Å². The zero-order valence-electron chi connectivity index (χ0n) is 15.2. The number of para-hydroxylation sites is 2. The van der Waals surface area contributed by atoms with E-state index in [1.165, 1.54) is 0 Å². The van der Waals surface area contributed by atoms with Crippen LogP contribution in [0.3, 0.4) is 0 Å². The molecule has 1 fully saturated rings. The molecular weight excluding hydrogens is 354 g/mol. The van der Waals surface area contributed by atoms with Gasteiger partial charge >= 0.3 is 0 Å². The lowest BCUT2D eigenvalue weighted by molar-refractivity contribution is 0.0741. The third-order valence-electron chi connectivity index (χ3n) is 4.92. The van der Waals surface area contributed by atoms with Crippen LogP contribution >= 0.6 is 0 Å². The summed E-state index contributed by atoms with van der Waals surface area (Å²) in [6.07, 6.45) is 0. The van der Waals surface area contributed by atoms with Crippen LogP contribution in [0.5, 0.6) is 5.75 Å². The highest BCUT2D eigenvalue weighted by Gasteiger charge is 2.25. The van der Waals surface area contributed by atoms with E-state index in [0.717, 1.165) is 5.69 Å². The first-order chi connectivity index (χ1) is 13.7. The number of aromatic nitrogens is 2. The zero-order valence-corrected chi connectivity index (χ0v) is 15.2. The van der Waals surface area contributed by atoms with E-state index in [2.05, 4.69) is 21.2 Å². The molecule has 3 aromatic rings. The number of H-pyrrole nitrogens is 1. The number of nitrogens with one attached hydrogen (secondary N) is 1. The smallest absolute Gasteiger partial charge is 0.272 e. The minimum atomic E-state index is -0.123. The quantitative estimate of drug-likeness (QED) is 0.736. The van der Waals surface area contributed by atoms with Crippen molar-refractivity contribution in [1.29, 1.82) is 5.26 Å². The monoisotopic (exact) mass is 373 g/mol. The summed E-state index contributed by atoms with van der Waals surface area (Å²) in [5, 5.41) is 26.2. The Kier molecular flexibility index (Phi) is 4.68. The fourth-order valence-corrected chi connectivity index (χ4v) is 3.42. The fourth-order valence-electron chi connectivity index (χ4n) is 3.42. The largest absolute Gasteiger partial charge is 0.507 e. The van der Waals surface area contributed by atoms with Gasteiger partial charge in [-0.25, -0.2) is 0 Å². The molecule has 0 aliphatic carbocycles. The topological polar surface area (TPSA) is 96.2 Å². The molecule has 28 heavy (non-hydrogen) atoms. The van der Waals surface area contributed by atoms with E-state index < -0.39 is 0 Å². The van der Waals surface area contributed by atoms with Crippen LogP contribution in [0, 0.1) is 11.3 Å². The fraction of sp³-hybridized carbons (Fsp3) is 0.190. The van der Waals surface area contributed by atoms with E-state index >= 15 is 0 Å². The van der Waals surface area contributed by atoms with Crippen LogP contribution in [0.1, 0.15) is 16.1 Å². The summed E-state index contributed by atoms with van der Waals surface area (Å²) >= 11 is 0. The molecule has 7 heteroatoms. The Bertz CT molecular complexity index is 1040. The van der Waals surface area contributed by atoms with Crippen LogP contribution in [0.25, 0.3) is 11.3 Å². The first-order valence-electron chi connectivity index (χ1n) is 9.04. The van der Waals surface area contributed by atoms with Crippen LogP contribution in [0.15, 0.2) is 54.6 Å². The maximum Gasteiger partial charge on any atom is 0.272 e. The number of hydrogen-bond acceptors (Lipinski definition) is 5. The molecule has 1 aliphatic heterocycles. The van der Waals surface area contributed by atoms with E-state index in [-0.39, 0.29) is 11.7 Å². The number of piperazine rings is 1. The highest BCUT2D eigenvalue weighted by molar-refractivity contribution is 5.93. The van der Waals surface area contributed by atoms with Crippen molar-refractivity contribution in [2.24, 2.45) is 0 Å². The Labute approximate surface area is 162 Å². The molecule has 2 N–H and O–H groups in total. The van der Waals surface area contributed by atoms with Crippen molar-refractivity contribution >= 4 is 11.6 Å². The lowest BCUT2D eigenvalue weighted by Gasteiger charge is -2.36. The Morgan fingerprint density at radius 3 is 2.54 bits per heavy atom. The van der Waals surface area contributed by atoms with E-state index in [1.807, 2.05) is 24.3 Å². The molecule has 1 aliphatic rings. The van der Waals surface area contributed by atoms with Gasteiger partial charge in [-0.3, -0.25) is 9.89 Å². The first-order valence-corrected chi connectivity index (χ1v) is 9.04. The SMILES string of the molecule is N#Cc1ccccc1N1CCN(C(=O)c2cc(-c3ccccc3O)n[nH]2)CC1. The molecule has 1 amide bonds. The van der Waals surface area contributed by atoms with Crippen molar-refractivity contribution in [2.45, 2.75) is 0 Å². The molecule has 0 saturated carbocycles. The molecular formula is C21H19N5O2. The van der Waals surface area contributed by atoms with Gasteiger partial charge in [-0.2, -0.15) is 10.4 Å². The number of benzene rings is 2. The van der Waals surface area contributed by atoms with Crippen LogP contribution in [-0.2, 0) is 0 Å². The van der Waals surface area contributed by atoms with Gasteiger partial charge in [0.25, 0.3) is 5.91 Å². The highest BCUT2D eigenvalue weighted by atomic mass is 16.3. The predicted molar refractivity (Wildman–Crippen MR) is 105 cm³/mol. The number of amides is 1. The number of anilines is 1. The number of carbonyl (C=O) groups is 1. The van der Waals surface area contributed by atoms with Crippen molar-refractivity contribution in [3.8, 4) is 23.1 Å². The Morgan fingerprint density at radius 2 is 1.79 bits per heavy atom. The van der Waals surface area contributed by atoms with E-state index in [4.69, 9.17) is 0 Å². The number of carbonyl (C=O) groups excluding carboxylic acids is 1. The molecule has 4 rings (SSSR count). The Hall–Kier alpha value is -3.79. The lowest BCUT2D eigenvalue weighted by Crippen LogP contribution is -2.49. The van der Waals surface area contributed by atoms with Gasteiger partial charge in [-0.15, -0.1) is 0 Å². The summed E-state index contributed by atoms with van der Waals surface area (Å²) in [6.45, 7) is 2.43. The summed E-state index contributed by atoms with van der Waals surface area (Å²) in [7, 11) is 0. The number of hydrogen-bond donors (Lipinski definition) is 2. The molecule has 7 nitrogen and oxygen atoms in total. The van der Waals surface area contributed by atoms with Crippen molar-refractivity contribution in [3.05, 3.63) is 65.9 Å². The molecule has 1 saturated heterocycles. The normalized spacial score (nSPS) is 14.0. The third kappa shape index (κ3) is 3.28. The zero-order chi connectivity index (χ0) is 19.5. The second-order valence-electron chi connectivity index (χ2n) is 6.59. The number of aromatic amines is 1. The van der Waals surface area contributed by atoms with Gasteiger partial charge in [-0.05, 0) is 30.3 Å². The van der Waals surface area contributed by atoms with Gasteiger partial charge in [0, 0.05) is 31.7 Å². The molecule has 140 valence electrons. The first kappa shape index (κ1) is 17.6. The summed E-state index contributed by atoms with van der Waals surface area (Å²) in [6, 6.07) is 18.3. The number of aromatic hydroxyl groups is 1. The van der Waals surface area contributed by atoms with Crippen molar-refractivity contribution in [3.63, 3.8) is 0 Å². The average Bonchev–Trinajstić information content (AvgIpc) is 3.23. The van der Waals surface area contributed by atoms with E-state index in [0.29, 0.717) is 48.7 Å². The number of rotatable bonds is 3. The minimum Gasteiger partial charge on any atom is -0.507 e. The van der Waals surface area contributed by atoms with E-state index in [9.17, 15) is 15.2 Å². The van der Waals surface area contributed by atoms with Crippen molar-refractivity contribution in [1.82, 2.24) is 15.1 Å². The molecule has 0 spiro atoms. The third-order valence-corrected chi connectivity index (χ3v) is 4.92. The standard InChI is InChI=1S/C21H19N5O2/c22-14-15-5-1-3-7-19(15)25-9-11-26(12-10-25)21(28)18-13-17(23-24-18)16-6-2-4-8-20(16)27/h1-8,13,27H,9-12H2,(H,23,24). The number of phenols is 1. The van der Waals surface area contributed by atoms with Crippen LogP contribution in [-0.4, -0.2) is 52.3 Å².